The van der Waals surface area contributed by atoms with Crippen LogP contribution >= 0.6 is 0 Å². The van der Waals surface area contributed by atoms with Gasteiger partial charge in [-0.3, -0.25) is 0 Å². The predicted molar refractivity (Wildman–Crippen MR) is 133 cm³/mol. The Balaban J connectivity index is 1.13. The molecule has 1 aliphatic heterocycles. The summed E-state index contributed by atoms with van der Waals surface area (Å²) in [4.78, 5) is 4.71. The Morgan fingerprint density at radius 2 is 1.74 bits per heavy atom. The number of hydrogen-bond acceptors (Lipinski definition) is 4. The van der Waals surface area contributed by atoms with Crippen LogP contribution in [0.3, 0.4) is 0 Å². The van der Waals surface area contributed by atoms with Crippen molar-refractivity contribution in [3.63, 3.8) is 0 Å². The fraction of sp³-hybridized carbons (Fsp3) is 0.464. The number of aromatic nitrogens is 2. The van der Waals surface area contributed by atoms with Gasteiger partial charge in [-0.25, -0.2) is 18.1 Å². The van der Waals surface area contributed by atoms with Crippen LogP contribution in [0.2, 0.25) is 0 Å². The molecular formula is C28H31N3O3S. The van der Waals surface area contributed by atoms with Gasteiger partial charge < -0.3 is 9.67 Å². The summed E-state index contributed by atoms with van der Waals surface area (Å²) in [5.74, 6) is 1.48. The van der Waals surface area contributed by atoms with Gasteiger partial charge in [0.05, 0.1) is 35.3 Å². The fourth-order valence-electron chi connectivity index (χ4n) is 8.32. The number of hydrogen-bond donors (Lipinski definition) is 2. The first-order chi connectivity index (χ1) is 16.9. The van der Waals surface area contributed by atoms with Crippen LogP contribution in [0, 0.1) is 23.7 Å². The number of imidazole rings is 1. The number of aliphatic hydroxyl groups is 1. The van der Waals surface area contributed by atoms with E-state index in [-0.39, 0.29) is 17.5 Å². The molecule has 2 aromatic carbocycles. The highest BCUT2D eigenvalue weighted by Crippen LogP contribution is 2.60. The van der Waals surface area contributed by atoms with Gasteiger partial charge in [-0.15, -0.1) is 0 Å². The highest BCUT2D eigenvalue weighted by atomic mass is 32.2. The Hall–Kier alpha value is -2.48. The van der Waals surface area contributed by atoms with Crippen LogP contribution in [-0.4, -0.2) is 34.7 Å². The van der Waals surface area contributed by atoms with Crippen LogP contribution in [0.15, 0.2) is 72.0 Å². The van der Waals surface area contributed by atoms with Crippen LogP contribution < -0.4 is 4.72 Å². The van der Waals surface area contributed by atoms with Crippen molar-refractivity contribution in [1.82, 2.24) is 14.3 Å². The number of fused-ring (bicyclic) bond motifs is 3. The summed E-state index contributed by atoms with van der Waals surface area (Å²) in [7, 11) is -3.56. The van der Waals surface area contributed by atoms with Crippen LogP contribution in [0.1, 0.15) is 50.1 Å². The first kappa shape index (κ1) is 21.8. The van der Waals surface area contributed by atoms with Crippen molar-refractivity contribution in [2.24, 2.45) is 23.7 Å². The van der Waals surface area contributed by atoms with Crippen molar-refractivity contribution in [3.05, 3.63) is 72.7 Å². The van der Waals surface area contributed by atoms with Gasteiger partial charge in [0.1, 0.15) is 0 Å². The molecule has 5 aliphatic rings. The Kier molecular flexibility index (Phi) is 4.83. The minimum atomic E-state index is -3.56. The van der Waals surface area contributed by atoms with Gasteiger partial charge in [0.15, 0.2) is 0 Å². The Morgan fingerprint density at radius 1 is 1.03 bits per heavy atom. The second-order valence-corrected chi connectivity index (χ2v) is 13.0. The average Bonchev–Trinajstić information content (AvgIpc) is 3.41. The van der Waals surface area contributed by atoms with Gasteiger partial charge in [-0.05, 0) is 79.9 Å². The largest absolute Gasteiger partial charge is 0.393 e. The van der Waals surface area contributed by atoms with Gasteiger partial charge in [0.2, 0.25) is 10.0 Å². The Bertz CT molecular complexity index is 1350. The fourth-order valence-corrected chi connectivity index (χ4v) is 9.77. The maximum Gasteiger partial charge on any atom is 0.241 e. The summed E-state index contributed by atoms with van der Waals surface area (Å²) in [6, 6.07) is 17.3. The van der Waals surface area contributed by atoms with E-state index in [1.807, 2.05) is 18.6 Å². The summed E-state index contributed by atoms with van der Waals surface area (Å²) in [6.07, 6.45) is 8.83. The number of benzene rings is 2. The van der Waals surface area contributed by atoms with E-state index >= 15 is 0 Å². The molecule has 4 saturated carbocycles. The van der Waals surface area contributed by atoms with E-state index in [0.717, 1.165) is 37.8 Å². The molecule has 0 spiro atoms. The van der Waals surface area contributed by atoms with Crippen molar-refractivity contribution in [1.29, 1.82) is 0 Å². The molecule has 4 unspecified atom stereocenters. The molecule has 2 N–H and O–H groups in total. The number of nitrogens with one attached hydrogen (secondary N) is 1. The molecule has 0 saturated heterocycles. The van der Waals surface area contributed by atoms with Crippen molar-refractivity contribution in [2.45, 2.75) is 61.1 Å². The highest BCUT2D eigenvalue weighted by molar-refractivity contribution is 7.89. The van der Waals surface area contributed by atoms with Crippen LogP contribution in [0.5, 0.6) is 0 Å². The SMILES string of the molecule is O=S(=O)(NC12CC3CC(C1)C(C(O)CC1c4ccccc4-c4cncn41)C(C3)C2)c1ccccc1. The lowest BCUT2D eigenvalue weighted by Gasteiger charge is -2.61. The van der Waals surface area contributed by atoms with Crippen LogP contribution in [0.25, 0.3) is 11.3 Å². The molecule has 1 aromatic heterocycles. The zero-order chi connectivity index (χ0) is 23.8. The average molecular weight is 490 g/mol. The molecule has 4 aliphatic carbocycles. The van der Waals surface area contributed by atoms with Crippen LogP contribution in [0.4, 0.5) is 0 Å². The lowest BCUT2D eigenvalue weighted by atomic mass is 9.48. The summed E-state index contributed by atoms with van der Waals surface area (Å²) in [6.45, 7) is 0. The Morgan fingerprint density at radius 3 is 2.51 bits per heavy atom. The van der Waals surface area contributed by atoms with Crippen LogP contribution in [-0.2, 0) is 10.0 Å². The monoisotopic (exact) mass is 489 g/mol. The van der Waals surface area contributed by atoms with Gasteiger partial charge in [-0.2, -0.15) is 0 Å². The number of rotatable bonds is 6. The van der Waals surface area contributed by atoms with E-state index in [0.29, 0.717) is 29.1 Å². The number of nitrogens with zero attached hydrogens (tertiary/aromatic N) is 2. The van der Waals surface area contributed by atoms with Gasteiger partial charge in [-0.1, -0.05) is 42.5 Å². The lowest BCUT2D eigenvalue weighted by molar-refractivity contribution is -0.106. The van der Waals surface area contributed by atoms with Crippen molar-refractivity contribution >= 4 is 10.0 Å². The minimum absolute atomic E-state index is 0.0985. The summed E-state index contributed by atoms with van der Waals surface area (Å²) in [5, 5.41) is 11.7. The first-order valence-corrected chi connectivity index (χ1v) is 14.3. The molecule has 6 nitrogen and oxygen atoms in total. The molecule has 35 heavy (non-hydrogen) atoms. The van der Waals surface area contributed by atoms with E-state index in [1.54, 1.807) is 24.3 Å². The predicted octanol–water partition coefficient (Wildman–Crippen LogP) is 4.38. The molecule has 8 rings (SSSR count). The smallest absolute Gasteiger partial charge is 0.241 e. The molecule has 0 radical (unpaired) electrons. The maximum atomic E-state index is 13.2. The quantitative estimate of drug-likeness (QED) is 0.538. The molecular weight excluding hydrogens is 458 g/mol. The maximum absolute atomic E-state index is 13.2. The molecule has 182 valence electrons. The second-order valence-electron chi connectivity index (χ2n) is 11.3. The summed E-state index contributed by atoms with van der Waals surface area (Å²) >= 11 is 0. The van der Waals surface area contributed by atoms with Crippen molar-refractivity contribution < 1.29 is 13.5 Å². The number of aliphatic hydroxyl groups excluding tert-OH is 1. The zero-order valence-corrected chi connectivity index (χ0v) is 20.4. The van der Waals surface area contributed by atoms with E-state index in [2.05, 4.69) is 38.5 Å². The van der Waals surface area contributed by atoms with Gasteiger partial charge in [0.25, 0.3) is 0 Å². The molecule has 2 heterocycles. The molecule has 4 bridgehead atoms. The normalized spacial score (nSPS) is 33.5. The highest BCUT2D eigenvalue weighted by Gasteiger charge is 2.58. The molecule has 7 heteroatoms. The molecule has 0 amide bonds. The third kappa shape index (κ3) is 3.43. The van der Waals surface area contributed by atoms with Gasteiger partial charge in [0, 0.05) is 11.1 Å². The minimum Gasteiger partial charge on any atom is -0.393 e. The summed E-state index contributed by atoms with van der Waals surface area (Å²) < 4.78 is 31.8. The van der Waals surface area contributed by atoms with Crippen molar-refractivity contribution in [3.8, 4) is 11.3 Å². The van der Waals surface area contributed by atoms with E-state index < -0.39 is 16.1 Å². The Labute approximate surface area is 206 Å². The topological polar surface area (TPSA) is 84.2 Å². The second kappa shape index (κ2) is 7.76. The zero-order valence-electron chi connectivity index (χ0n) is 19.6. The molecule has 4 atom stereocenters. The van der Waals surface area contributed by atoms with E-state index in [9.17, 15) is 13.5 Å². The third-order valence-electron chi connectivity index (χ3n) is 9.26. The summed E-state index contributed by atoms with van der Waals surface area (Å²) in [5.41, 5.74) is 3.22. The molecule has 3 aromatic rings. The van der Waals surface area contributed by atoms with Crippen molar-refractivity contribution in [2.75, 3.05) is 0 Å². The number of sulfonamides is 1. The third-order valence-corrected chi connectivity index (χ3v) is 10.9. The lowest BCUT2D eigenvalue weighted by Crippen LogP contribution is -2.63. The standard InChI is InChI=1S/C28H31N3O3S/c32-26(12-24-22-8-4-5-9-23(22)25-16-29-17-31(24)25)27-19-10-18-11-20(27)15-28(13-18,14-19)30-35(33,34)21-6-2-1-3-7-21/h1-9,16-20,24,26-27,30,32H,10-15H2. The van der Waals surface area contributed by atoms with E-state index in [1.165, 1.54) is 11.1 Å². The van der Waals surface area contributed by atoms with E-state index in [4.69, 9.17) is 0 Å². The molecule has 4 fully saturated rings. The van der Waals surface area contributed by atoms with Gasteiger partial charge >= 0.3 is 0 Å². The first-order valence-electron chi connectivity index (χ1n) is 12.8.